The molecule has 0 atom stereocenters. The zero-order chi connectivity index (χ0) is 15.1. The summed E-state index contributed by atoms with van der Waals surface area (Å²) in [5, 5.41) is 3.13. The molecule has 2 aromatic carbocycles. The van der Waals surface area contributed by atoms with Crippen LogP contribution in [0.4, 0.5) is 0 Å². The topological polar surface area (TPSA) is 67.5 Å². The smallest absolute Gasteiger partial charge is 0.257 e. The summed E-state index contributed by atoms with van der Waals surface area (Å²) < 4.78 is 0. The van der Waals surface area contributed by atoms with Gasteiger partial charge in [-0.2, -0.15) is 0 Å². The van der Waals surface area contributed by atoms with Crippen LogP contribution in [0.15, 0.2) is 59.6 Å². The van der Waals surface area contributed by atoms with Gasteiger partial charge >= 0.3 is 0 Å². The molecule has 0 aliphatic carbocycles. The van der Waals surface area contributed by atoms with Crippen LogP contribution in [0.2, 0.25) is 5.02 Å². The van der Waals surface area contributed by atoms with Crippen LogP contribution in [0.25, 0.3) is 0 Å². The number of halogens is 1. The molecule has 3 N–H and O–H groups in total. The minimum Gasteiger partial charge on any atom is -0.370 e. The van der Waals surface area contributed by atoms with E-state index in [-0.39, 0.29) is 11.9 Å². The Bertz CT molecular complexity index is 624. The Morgan fingerprint density at radius 2 is 1.76 bits per heavy atom. The molecule has 2 rings (SSSR count). The van der Waals surface area contributed by atoms with Crippen LogP contribution in [0.5, 0.6) is 0 Å². The molecule has 4 nitrogen and oxygen atoms in total. The molecule has 0 unspecified atom stereocenters. The van der Waals surface area contributed by atoms with Crippen LogP contribution in [0, 0.1) is 0 Å². The Hall–Kier alpha value is -2.33. The van der Waals surface area contributed by atoms with Crippen LogP contribution in [-0.2, 0) is 6.42 Å². The van der Waals surface area contributed by atoms with Crippen LogP contribution in [0.3, 0.4) is 0 Å². The summed E-state index contributed by atoms with van der Waals surface area (Å²) in [6, 6.07) is 16.5. The Morgan fingerprint density at radius 1 is 1.10 bits per heavy atom. The predicted octanol–water partition coefficient (Wildman–Crippen LogP) is 2.63. The summed E-state index contributed by atoms with van der Waals surface area (Å²) in [6.45, 7) is 0.525. The fourth-order valence-electron chi connectivity index (χ4n) is 1.78. The summed E-state index contributed by atoms with van der Waals surface area (Å²) in [6.07, 6.45) is 0.776. The van der Waals surface area contributed by atoms with E-state index >= 15 is 0 Å². The molecule has 0 heterocycles. The Balaban J connectivity index is 1.85. The van der Waals surface area contributed by atoms with Crippen molar-refractivity contribution in [3.8, 4) is 0 Å². The first-order valence-corrected chi connectivity index (χ1v) is 6.94. The van der Waals surface area contributed by atoms with Gasteiger partial charge in [-0.3, -0.25) is 15.1 Å². The van der Waals surface area contributed by atoms with Crippen molar-refractivity contribution in [1.29, 1.82) is 0 Å². The highest BCUT2D eigenvalue weighted by Gasteiger charge is 2.06. The van der Waals surface area contributed by atoms with Crippen molar-refractivity contribution in [1.82, 2.24) is 5.32 Å². The van der Waals surface area contributed by atoms with Crippen molar-refractivity contribution in [2.45, 2.75) is 6.42 Å². The zero-order valence-corrected chi connectivity index (χ0v) is 12.2. The van der Waals surface area contributed by atoms with Gasteiger partial charge in [0.15, 0.2) is 5.96 Å². The first-order valence-electron chi connectivity index (χ1n) is 6.56. The lowest BCUT2D eigenvalue weighted by Crippen LogP contribution is -2.37. The highest BCUT2D eigenvalue weighted by Crippen LogP contribution is 2.09. The second-order valence-electron chi connectivity index (χ2n) is 4.46. The molecule has 5 heteroatoms. The lowest BCUT2D eigenvalue weighted by molar-refractivity contribution is 0.0976. The maximum Gasteiger partial charge on any atom is 0.257 e. The first kappa shape index (κ1) is 15.1. The summed E-state index contributed by atoms with van der Waals surface area (Å²) in [5.41, 5.74) is 7.36. The van der Waals surface area contributed by atoms with Crippen molar-refractivity contribution >= 4 is 23.5 Å². The predicted molar refractivity (Wildman–Crippen MR) is 85.6 cm³/mol. The number of benzene rings is 2. The highest BCUT2D eigenvalue weighted by molar-refractivity contribution is 6.30. The Labute approximate surface area is 128 Å². The number of amides is 1. The van der Waals surface area contributed by atoms with Gasteiger partial charge in [0.1, 0.15) is 0 Å². The summed E-state index contributed by atoms with van der Waals surface area (Å²) >= 11 is 5.77. The molecule has 21 heavy (non-hydrogen) atoms. The number of hydrogen-bond acceptors (Lipinski definition) is 2. The number of carbonyl (C=O) groups is 1. The number of nitrogens with zero attached hydrogens (tertiary/aromatic N) is 1. The van der Waals surface area contributed by atoms with Crippen LogP contribution >= 0.6 is 11.6 Å². The highest BCUT2D eigenvalue weighted by atomic mass is 35.5. The molecular formula is C16H16ClN3O. The van der Waals surface area contributed by atoms with Crippen LogP contribution < -0.4 is 11.1 Å². The second-order valence-corrected chi connectivity index (χ2v) is 4.90. The lowest BCUT2D eigenvalue weighted by Gasteiger charge is -2.05. The van der Waals surface area contributed by atoms with Crippen molar-refractivity contribution in [2.75, 3.05) is 6.54 Å². The molecule has 108 valence electrons. The molecule has 0 radical (unpaired) electrons. The number of hydrogen-bond donors (Lipinski definition) is 2. The molecule has 0 spiro atoms. The number of rotatable bonds is 4. The van der Waals surface area contributed by atoms with E-state index in [2.05, 4.69) is 10.3 Å². The molecule has 0 saturated carbocycles. The number of carbonyl (C=O) groups excluding carboxylic acids is 1. The van der Waals surface area contributed by atoms with Gasteiger partial charge in [0.2, 0.25) is 0 Å². The molecule has 2 aromatic rings. The number of nitrogens with one attached hydrogen (secondary N) is 1. The van der Waals surface area contributed by atoms with Crippen molar-refractivity contribution in [2.24, 2.45) is 10.7 Å². The minimum atomic E-state index is -0.298. The van der Waals surface area contributed by atoms with E-state index in [9.17, 15) is 4.79 Å². The van der Waals surface area contributed by atoms with Gasteiger partial charge in [-0.15, -0.1) is 0 Å². The van der Waals surface area contributed by atoms with Crippen molar-refractivity contribution < 1.29 is 4.79 Å². The van der Waals surface area contributed by atoms with Gasteiger partial charge in [0.05, 0.1) is 0 Å². The van der Waals surface area contributed by atoms with E-state index < -0.39 is 0 Å². The van der Waals surface area contributed by atoms with Crippen molar-refractivity contribution in [3.63, 3.8) is 0 Å². The Kier molecular flexibility index (Phi) is 5.35. The summed E-state index contributed by atoms with van der Waals surface area (Å²) in [4.78, 5) is 16.0. The van der Waals surface area contributed by atoms with Gasteiger partial charge in [-0.05, 0) is 36.2 Å². The third-order valence-electron chi connectivity index (χ3n) is 2.87. The number of nitrogens with two attached hydrogens (primary N) is 1. The standard InChI is InChI=1S/C16H16ClN3O/c17-14-8-6-13(7-9-14)15(21)20-16(18)19-11-10-12-4-2-1-3-5-12/h1-9H,10-11H2,(H3,18,19,20,21). The quantitative estimate of drug-likeness (QED) is 0.673. The van der Waals surface area contributed by atoms with E-state index in [1.807, 2.05) is 30.3 Å². The van der Waals surface area contributed by atoms with E-state index in [4.69, 9.17) is 17.3 Å². The molecule has 0 bridgehead atoms. The second kappa shape index (κ2) is 7.45. The van der Waals surface area contributed by atoms with E-state index in [1.54, 1.807) is 24.3 Å². The Morgan fingerprint density at radius 3 is 2.43 bits per heavy atom. The number of aliphatic imine (C=N–C) groups is 1. The average Bonchev–Trinajstić information content (AvgIpc) is 2.49. The van der Waals surface area contributed by atoms with E-state index in [0.717, 1.165) is 6.42 Å². The minimum absolute atomic E-state index is 0.117. The van der Waals surface area contributed by atoms with Crippen LogP contribution in [0.1, 0.15) is 15.9 Å². The monoisotopic (exact) mass is 301 g/mol. The van der Waals surface area contributed by atoms with Gasteiger partial charge in [-0.25, -0.2) is 0 Å². The zero-order valence-electron chi connectivity index (χ0n) is 11.4. The summed E-state index contributed by atoms with van der Waals surface area (Å²) in [7, 11) is 0. The molecule has 0 saturated heterocycles. The van der Waals surface area contributed by atoms with Gasteiger partial charge in [0.25, 0.3) is 5.91 Å². The van der Waals surface area contributed by atoms with E-state index in [0.29, 0.717) is 17.1 Å². The maximum absolute atomic E-state index is 11.9. The average molecular weight is 302 g/mol. The molecule has 0 fully saturated rings. The SMILES string of the molecule is NC(=NCCc1ccccc1)NC(=O)c1ccc(Cl)cc1. The molecule has 0 aliphatic rings. The molecule has 1 amide bonds. The van der Waals surface area contributed by atoms with Crippen LogP contribution in [-0.4, -0.2) is 18.4 Å². The normalized spacial score (nSPS) is 11.2. The lowest BCUT2D eigenvalue weighted by atomic mass is 10.2. The first-order chi connectivity index (χ1) is 10.1. The third kappa shape index (κ3) is 4.93. The van der Waals surface area contributed by atoms with E-state index in [1.165, 1.54) is 5.56 Å². The third-order valence-corrected chi connectivity index (χ3v) is 3.13. The number of guanidine groups is 1. The largest absolute Gasteiger partial charge is 0.370 e. The van der Waals surface area contributed by atoms with Gasteiger partial charge < -0.3 is 5.73 Å². The van der Waals surface area contributed by atoms with Gasteiger partial charge in [0, 0.05) is 17.1 Å². The molecule has 0 aromatic heterocycles. The molecule has 0 aliphatic heterocycles. The molecular weight excluding hydrogens is 286 g/mol. The maximum atomic E-state index is 11.9. The van der Waals surface area contributed by atoms with Crippen molar-refractivity contribution in [3.05, 3.63) is 70.7 Å². The fraction of sp³-hybridized carbons (Fsp3) is 0.125. The summed E-state index contributed by atoms with van der Waals surface area (Å²) in [5.74, 6) is -0.182. The fourth-order valence-corrected chi connectivity index (χ4v) is 1.91. The van der Waals surface area contributed by atoms with Gasteiger partial charge in [-0.1, -0.05) is 41.9 Å².